The number of benzene rings is 1. The highest BCUT2D eigenvalue weighted by Gasteiger charge is 2.06. The molecule has 4 rings (SSSR count). The molecule has 0 aliphatic rings. The number of aromatic nitrogens is 3. The van der Waals surface area contributed by atoms with Gasteiger partial charge in [0.25, 0.3) is 0 Å². The highest BCUT2D eigenvalue weighted by Crippen LogP contribution is 2.25. The molecule has 3 heterocycles. The molecular weight excluding hydrogens is 367 g/mol. The van der Waals surface area contributed by atoms with Gasteiger partial charge in [0.1, 0.15) is 11.6 Å². The van der Waals surface area contributed by atoms with Crippen LogP contribution >= 0.6 is 0 Å². The first-order valence-corrected chi connectivity index (χ1v) is 9.17. The molecule has 3 aromatic heterocycles. The summed E-state index contributed by atoms with van der Waals surface area (Å²) < 4.78 is 18.9. The fourth-order valence-corrected chi connectivity index (χ4v) is 2.82. The van der Waals surface area contributed by atoms with E-state index in [0.29, 0.717) is 18.2 Å². The van der Waals surface area contributed by atoms with Gasteiger partial charge in [0, 0.05) is 30.6 Å². The monoisotopic (exact) mass is 386 g/mol. The van der Waals surface area contributed by atoms with Crippen LogP contribution in [-0.4, -0.2) is 15.0 Å². The van der Waals surface area contributed by atoms with E-state index in [-0.39, 0.29) is 5.82 Å². The van der Waals surface area contributed by atoms with Crippen molar-refractivity contribution in [1.29, 1.82) is 0 Å². The second kappa shape index (κ2) is 8.48. The Bertz CT molecular complexity index is 1080. The van der Waals surface area contributed by atoms with E-state index in [1.165, 1.54) is 12.1 Å². The van der Waals surface area contributed by atoms with Crippen molar-refractivity contribution in [2.75, 3.05) is 5.32 Å². The number of ether oxygens (including phenoxy) is 1. The quantitative estimate of drug-likeness (QED) is 0.481. The number of hydrogen-bond acceptors (Lipinski definition) is 5. The smallest absolute Gasteiger partial charge is 0.219 e. The average Bonchev–Trinajstić information content (AvgIpc) is 2.75. The van der Waals surface area contributed by atoms with Crippen LogP contribution in [0.4, 0.5) is 10.1 Å². The molecule has 144 valence electrons. The summed E-state index contributed by atoms with van der Waals surface area (Å²) >= 11 is 0. The van der Waals surface area contributed by atoms with Crippen LogP contribution < -0.4 is 10.1 Å². The van der Waals surface area contributed by atoms with E-state index in [1.807, 2.05) is 43.5 Å². The van der Waals surface area contributed by atoms with Gasteiger partial charge in [0.05, 0.1) is 23.8 Å². The number of aryl methyl sites for hydroxylation is 1. The molecule has 1 N–H and O–H groups in total. The van der Waals surface area contributed by atoms with Crippen molar-refractivity contribution in [2.24, 2.45) is 0 Å². The second-order valence-electron chi connectivity index (χ2n) is 6.54. The number of rotatable bonds is 6. The van der Waals surface area contributed by atoms with Crippen LogP contribution in [0.1, 0.15) is 11.1 Å². The molecule has 1 aromatic carbocycles. The number of halogens is 1. The van der Waals surface area contributed by atoms with E-state index in [4.69, 9.17) is 4.74 Å². The van der Waals surface area contributed by atoms with Crippen LogP contribution in [0.25, 0.3) is 11.3 Å². The summed E-state index contributed by atoms with van der Waals surface area (Å²) in [6.45, 7) is 2.67. The predicted molar refractivity (Wildman–Crippen MR) is 110 cm³/mol. The van der Waals surface area contributed by atoms with Gasteiger partial charge in [-0.05, 0) is 60.5 Å². The molecule has 0 bridgehead atoms. The molecule has 0 atom stereocenters. The van der Waals surface area contributed by atoms with Gasteiger partial charge in [-0.25, -0.2) is 9.37 Å². The van der Waals surface area contributed by atoms with E-state index in [9.17, 15) is 4.39 Å². The molecule has 4 aromatic rings. The van der Waals surface area contributed by atoms with Crippen molar-refractivity contribution >= 4 is 5.69 Å². The van der Waals surface area contributed by atoms with Crippen molar-refractivity contribution in [3.63, 3.8) is 0 Å². The Morgan fingerprint density at radius 2 is 1.83 bits per heavy atom. The Balaban J connectivity index is 1.41. The Kier molecular flexibility index (Phi) is 5.42. The van der Waals surface area contributed by atoms with E-state index < -0.39 is 0 Å². The molecule has 0 saturated heterocycles. The molecule has 0 unspecified atom stereocenters. The third kappa shape index (κ3) is 4.73. The lowest BCUT2D eigenvalue weighted by molar-refractivity contribution is 0.460. The summed E-state index contributed by atoms with van der Waals surface area (Å²) in [4.78, 5) is 12.9. The predicted octanol–water partition coefficient (Wildman–Crippen LogP) is 5.39. The average molecular weight is 386 g/mol. The third-order valence-electron chi connectivity index (χ3n) is 4.39. The molecule has 29 heavy (non-hydrogen) atoms. The van der Waals surface area contributed by atoms with Crippen LogP contribution in [0.3, 0.4) is 0 Å². The van der Waals surface area contributed by atoms with Gasteiger partial charge < -0.3 is 10.1 Å². The zero-order valence-electron chi connectivity index (χ0n) is 15.8. The molecular formula is C23H19FN4O. The highest BCUT2D eigenvalue weighted by molar-refractivity contribution is 5.59. The van der Waals surface area contributed by atoms with Gasteiger partial charge in [0.2, 0.25) is 5.88 Å². The van der Waals surface area contributed by atoms with Gasteiger partial charge >= 0.3 is 0 Å². The fraction of sp³-hybridized carbons (Fsp3) is 0.0870. The number of pyridine rings is 3. The van der Waals surface area contributed by atoms with Gasteiger partial charge in [-0.3, -0.25) is 9.97 Å². The van der Waals surface area contributed by atoms with Crippen molar-refractivity contribution in [1.82, 2.24) is 15.0 Å². The third-order valence-corrected chi connectivity index (χ3v) is 4.39. The summed E-state index contributed by atoms with van der Waals surface area (Å²) in [6.07, 6.45) is 6.96. The van der Waals surface area contributed by atoms with E-state index in [1.54, 1.807) is 30.7 Å². The molecule has 0 aliphatic carbocycles. The van der Waals surface area contributed by atoms with Gasteiger partial charge in [-0.15, -0.1) is 0 Å². The van der Waals surface area contributed by atoms with Crippen LogP contribution in [0, 0.1) is 12.7 Å². The minimum atomic E-state index is -0.270. The van der Waals surface area contributed by atoms with Crippen LogP contribution in [0.15, 0.2) is 79.4 Å². The highest BCUT2D eigenvalue weighted by atomic mass is 19.1. The Morgan fingerprint density at radius 1 is 0.966 bits per heavy atom. The standard InChI is InChI=1S/C23H19FN4O/c1-16-11-23(28-15-22(16)26-13-17-3-2-10-25-12-17)29-20-8-9-21(27-14-20)18-4-6-19(24)7-5-18/h2-12,14-15,26H,13H2,1H3. The molecule has 0 radical (unpaired) electrons. The van der Waals surface area contributed by atoms with Crippen molar-refractivity contribution in [3.8, 4) is 22.9 Å². The first-order valence-electron chi connectivity index (χ1n) is 9.17. The van der Waals surface area contributed by atoms with Crippen molar-refractivity contribution in [3.05, 3.63) is 96.3 Å². The van der Waals surface area contributed by atoms with Crippen LogP contribution in [0.2, 0.25) is 0 Å². The van der Waals surface area contributed by atoms with Crippen LogP contribution in [-0.2, 0) is 6.54 Å². The lowest BCUT2D eigenvalue weighted by atomic mass is 10.1. The summed E-state index contributed by atoms with van der Waals surface area (Å²) in [5, 5.41) is 3.35. The summed E-state index contributed by atoms with van der Waals surface area (Å²) in [5.74, 6) is 0.804. The van der Waals surface area contributed by atoms with Gasteiger partial charge in [-0.1, -0.05) is 6.07 Å². The molecule has 0 saturated carbocycles. The van der Waals surface area contributed by atoms with Crippen molar-refractivity contribution in [2.45, 2.75) is 13.5 Å². The van der Waals surface area contributed by atoms with E-state index in [0.717, 1.165) is 28.1 Å². The number of hydrogen-bond donors (Lipinski definition) is 1. The minimum absolute atomic E-state index is 0.270. The molecule has 6 heteroatoms. The van der Waals surface area contributed by atoms with Gasteiger partial charge in [0.15, 0.2) is 0 Å². The summed E-state index contributed by atoms with van der Waals surface area (Å²) in [5.41, 5.74) is 4.65. The normalized spacial score (nSPS) is 10.6. The molecule has 0 fully saturated rings. The lowest BCUT2D eigenvalue weighted by Crippen LogP contribution is -2.02. The maximum Gasteiger partial charge on any atom is 0.219 e. The first kappa shape index (κ1) is 18.6. The Hall–Kier alpha value is -3.80. The van der Waals surface area contributed by atoms with E-state index in [2.05, 4.69) is 20.3 Å². The Morgan fingerprint density at radius 3 is 2.52 bits per heavy atom. The zero-order chi connectivity index (χ0) is 20.1. The summed E-state index contributed by atoms with van der Waals surface area (Å²) in [7, 11) is 0. The molecule has 0 spiro atoms. The van der Waals surface area contributed by atoms with Crippen LogP contribution in [0.5, 0.6) is 11.6 Å². The summed E-state index contributed by atoms with van der Waals surface area (Å²) in [6, 6.07) is 15.7. The SMILES string of the molecule is Cc1cc(Oc2ccc(-c3ccc(F)cc3)nc2)ncc1NCc1cccnc1. The fourth-order valence-electron chi connectivity index (χ4n) is 2.82. The maximum atomic E-state index is 13.0. The van der Waals surface area contributed by atoms with Gasteiger partial charge in [-0.2, -0.15) is 0 Å². The minimum Gasteiger partial charge on any atom is -0.437 e. The number of nitrogens with one attached hydrogen (secondary N) is 1. The first-order chi connectivity index (χ1) is 14.2. The van der Waals surface area contributed by atoms with E-state index >= 15 is 0 Å². The topological polar surface area (TPSA) is 59.9 Å². The lowest BCUT2D eigenvalue weighted by Gasteiger charge is -2.11. The Labute approximate surface area is 168 Å². The number of anilines is 1. The molecule has 5 nitrogen and oxygen atoms in total. The molecule has 0 amide bonds. The maximum absolute atomic E-state index is 13.0. The number of nitrogens with zero attached hydrogens (tertiary/aromatic N) is 3. The van der Waals surface area contributed by atoms with Crippen molar-refractivity contribution < 1.29 is 9.13 Å². The molecule has 0 aliphatic heterocycles. The zero-order valence-corrected chi connectivity index (χ0v) is 15.8. The second-order valence-corrected chi connectivity index (χ2v) is 6.54. The largest absolute Gasteiger partial charge is 0.437 e.